The number of rotatable bonds is 7. The molecule has 1 amide bonds. The molecular weight excluding hydrogens is 512 g/mol. The summed E-state index contributed by atoms with van der Waals surface area (Å²) in [6, 6.07) is 3.81. The number of unbranched alkanes of at least 4 members (excludes halogenated alkanes) is 1. The van der Waals surface area contributed by atoms with E-state index in [2.05, 4.69) is 25.5 Å². The van der Waals surface area contributed by atoms with Gasteiger partial charge < -0.3 is 9.80 Å². The van der Waals surface area contributed by atoms with E-state index in [1.807, 2.05) is 11.0 Å². The molecule has 0 saturated carbocycles. The second-order valence-corrected chi connectivity index (χ2v) is 11.1. The highest BCUT2D eigenvalue weighted by Crippen LogP contribution is 2.43. The highest BCUT2D eigenvalue weighted by Gasteiger charge is 2.36. The minimum Gasteiger partial charge on any atom is -0.338 e. The van der Waals surface area contributed by atoms with E-state index in [9.17, 15) is 13.6 Å². The molecule has 0 radical (unpaired) electrons. The summed E-state index contributed by atoms with van der Waals surface area (Å²) in [5.41, 5.74) is 5.22. The number of carbonyl (C=O) groups excluding carboxylic acids is 1. The number of aryl methyl sites for hydroxylation is 2. The molecule has 3 aromatic rings. The van der Waals surface area contributed by atoms with Gasteiger partial charge in [0.05, 0.1) is 18.8 Å². The third-order valence-corrected chi connectivity index (χ3v) is 8.47. The highest BCUT2D eigenvalue weighted by molar-refractivity contribution is 5.78. The van der Waals surface area contributed by atoms with Crippen molar-refractivity contribution in [2.75, 3.05) is 37.6 Å². The molecule has 3 aliphatic heterocycles. The smallest absolute Gasteiger partial charge is 0.264 e. The lowest BCUT2D eigenvalue weighted by molar-refractivity contribution is -0.129. The van der Waals surface area contributed by atoms with Gasteiger partial charge in [0.1, 0.15) is 0 Å². The van der Waals surface area contributed by atoms with Crippen molar-refractivity contribution in [3.05, 3.63) is 46.9 Å². The highest BCUT2D eigenvalue weighted by atomic mass is 19.3. The van der Waals surface area contributed by atoms with Crippen molar-refractivity contribution in [3.63, 3.8) is 0 Å². The Morgan fingerprint density at radius 1 is 1.23 bits per heavy atom. The largest absolute Gasteiger partial charge is 0.338 e. The number of aromatic nitrogens is 4. The number of nitrogens with zero attached hydrogens (tertiary/aromatic N) is 7. The number of hydrogen-bond acceptors (Lipinski definition) is 5. The Balaban J connectivity index is 1.38. The Hall–Kier alpha value is -3.71. The zero-order chi connectivity index (χ0) is 28.0. The Morgan fingerprint density at radius 2 is 2.05 bits per heavy atom. The van der Waals surface area contributed by atoms with Gasteiger partial charge in [0.15, 0.2) is 5.82 Å². The van der Waals surface area contributed by atoms with Crippen LogP contribution < -0.4 is 4.90 Å². The van der Waals surface area contributed by atoms with Crippen LogP contribution in [0.15, 0.2) is 24.5 Å². The van der Waals surface area contributed by atoms with Crippen molar-refractivity contribution in [3.8, 4) is 23.5 Å². The van der Waals surface area contributed by atoms with Crippen LogP contribution in [0, 0.1) is 12.3 Å². The van der Waals surface area contributed by atoms with Crippen molar-refractivity contribution in [1.29, 1.82) is 0 Å². The lowest BCUT2D eigenvalue weighted by Crippen LogP contribution is -2.49. The maximum atomic E-state index is 14.4. The van der Waals surface area contributed by atoms with E-state index in [-0.39, 0.29) is 17.5 Å². The van der Waals surface area contributed by atoms with Crippen LogP contribution in [-0.4, -0.2) is 68.0 Å². The third-order valence-electron chi connectivity index (χ3n) is 8.47. The number of fused-ring (bicyclic) bond motifs is 2. The Bertz CT molecular complexity index is 1460. The molecule has 8 nitrogen and oxygen atoms in total. The van der Waals surface area contributed by atoms with E-state index in [1.54, 1.807) is 37.1 Å². The summed E-state index contributed by atoms with van der Waals surface area (Å²) in [4.78, 5) is 18.7. The molecule has 0 atom stereocenters. The monoisotopic (exact) mass is 547 g/mol. The number of alkyl halides is 2. The maximum absolute atomic E-state index is 14.4. The molecule has 40 heavy (non-hydrogen) atoms. The van der Waals surface area contributed by atoms with Gasteiger partial charge >= 0.3 is 0 Å². The number of halogens is 2. The lowest BCUT2D eigenvalue weighted by Gasteiger charge is -2.40. The number of hydrogen-bond donors (Lipinski definition) is 0. The summed E-state index contributed by atoms with van der Waals surface area (Å²) >= 11 is 0. The van der Waals surface area contributed by atoms with Gasteiger partial charge in [-0.2, -0.15) is 10.2 Å². The minimum atomic E-state index is -2.63. The number of benzene rings is 1. The van der Waals surface area contributed by atoms with E-state index in [4.69, 9.17) is 11.5 Å². The summed E-state index contributed by atoms with van der Waals surface area (Å²) in [7, 11) is 1.79. The fraction of sp³-hybridized carbons (Fsp3) is 0.500. The molecule has 0 N–H and O–H groups in total. The molecule has 1 saturated heterocycles. The first-order valence-corrected chi connectivity index (χ1v) is 14.1. The topological polar surface area (TPSA) is 62.4 Å². The second-order valence-electron chi connectivity index (χ2n) is 11.1. The van der Waals surface area contributed by atoms with Crippen LogP contribution in [-0.2, 0) is 31.2 Å². The predicted octanol–water partition coefficient (Wildman–Crippen LogP) is 4.48. The first kappa shape index (κ1) is 26.5. The molecule has 10 heteroatoms. The van der Waals surface area contributed by atoms with Gasteiger partial charge in [-0.25, -0.2) is 8.78 Å². The SMILES string of the molecule is C#CCCCN1CC(n2nc(N3CCCc4cc(-c5cnn(C)c5)c(C(F)F)cc43)c3c2CCN(C(C)=O)C3)C1. The molecule has 6 rings (SSSR count). The van der Waals surface area contributed by atoms with Crippen LogP contribution in [0.2, 0.25) is 0 Å². The summed E-state index contributed by atoms with van der Waals surface area (Å²) in [6.45, 7) is 6.23. The quantitative estimate of drug-likeness (QED) is 0.323. The van der Waals surface area contributed by atoms with Crippen LogP contribution >= 0.6 is 0 Å². The van der Waals surface area contributed by atoms with E-state index in [1.165, 1.54) is 0 Å². The Labute approximate surface area is 233 Å². The van der Waals surface area contributed by atoms with Crippen LogP contribution in [0.25, 0.3) is 11.1 Å². The average Bonchev–Trinajstić information content (AvgIpc) is 3.52. The summed E-state index contributed by atoms with van der Waals surface area (Å²) < 4.78 is 32.6. The number of amides is 1. The molecule has 5 heterocycles. The Morgan fingerprint density at radius 3 is 2.75 bits per heavy atom. The lowest BCUT2D eigenvalue weighted by atomic mass is 9.92. The zero-order valence-electron chi connectivity index (χ0n) is 23.1. The molecule has 210 valence electrons. The first-order chi connectivity index (χ1) is 19.3. The Kier molecular flexibility index (Phi) is 7.09. The second kappa shape index (κ2) is 10.7. The van der Waals surface area contributed by atoms with Crippen LogP contribution in [0.5, 0.6) is 0 Å². The average molecular weight is 548 g/mol. The van der Waals surface area contributed by atoms with Gasteiger partial charge in [-0.15, -0.1) is 12.3 Å². The van der Waals surface area contributed by atoms with Gasteiger partial charge in [-0.05, 0) is 49.1 Å². The summed E-state index contributed by atoms with van der Waals surface area (Å²) in [6.07, 6.45) is 10.4. The van der Waals surface area contributed by atoms with Gasteiger partial charge in [0.2, 0.25) is 5.91 Å². The van der Waals surface area contributed by atoms with Crippen LogP contribution in [0.3, 0.4) is 0 Å². The molecular formula is C30H35F2N7O. The van der Waals surface area contributed by atoms with E-state index in [0.717, 1.165) is 80.1 Å². The van der Waals surface area contributed by atoms with Gasteiger partial charge in [0.25, 0.3) is 6.43 Å². The number of likely N-dealkylation sites (tertiary alicyclic amines) is 1. The molecule has 0 bridgehead atoms. The molecule has 1 fully saturated rings. The molecule has 0 aliphatic carbocycles. The van der Waals surface area contributed by atoms with Gasteiger partial charge in [-0.3, -0.25) is 19.1 Å². The minimum absolute atomic E-state index is 0.00100. The molecule has 3 aliphatic rings. The van der Waals surface area contributed by atoms with E-state index >= 15 is 0 Å². The van der Waals surface area contributed by atoms with Crippen molar-refractivity contribution in [2.24, 2.45) is 7.05 Å². The van der Waals surface area contributed by atoms with Crippen LogP contribution in [0.1, 0.15) is 61.0 Å². The molecule has 0 spiro atoms. The van der Waals surface area contributed by atoms with Crippen molar-refractivity contribution in [2.45, 2.75) is 58.0 Å². The van der Waals surface area contributed by atoms with Crippen molar-refractivity contribution >= 4 is 17.4 Å². The third kappa shape index (κ3) is 4.77. The van der Waals surface area contributed by atoms with E-state index < -0.39 is 6.43 Å². The van der Waals surface area contributed by atoms with Gasteiger partial charge in [-0.1, -0.05) is 0 Å². The predicted molar refractivity (Wildman–Crippen MR) is 149 cm³/mol. The van der Waals surface area contributed by atoms with Crippen LogP contribution in [0.4, 0.5) is 20.3 Å². The van der Waals surface area contributed by atoms with Crippen molar-refractivity contribution in [1.82, 2.24) is 29.4 Å². The molecule has 0 unspecified atom stereocenters. The first-order valence-electron chi connectivity index (χ1n) is 14.1. The fourth-order valence-electron chi connectivity index (χ4n) is 6.36. The summed E-state index contributed by atoms with van der Waals surface area (Å²) in [5.74, 6) is 3.54. The zero-order valence-corrected chi connectivity index (χ0v) is 23.1. The van der Waals surface area contributed by atoms with Gasteiger partial charge in [0, 0.05) is 87.3 Å². The molecule has 2 aromatic heterocycles. The normalized spacial score (nSPS) is 17.5. The van der Waals surface area contributed by atoms with E-state index in [0.29, 0.717) is 30.8 Å². The number of anilines is 2. The number of terminal acetylenes is 1. The number of carbonyl (C=O) groups is 1. The maximum Gasteiger partial charge on any atom is 0.264 e. The van der Waals surface area contributed by atoms with Crippen molar-refractivity contribution < 1.29 is 13.6 Å². The molecule has 1 aromatic carbocycles. The standard InChI is InChI=1S/C30H35F2N7O/c1-4-5-6-10-36-17-23(18-36)39-27-9-12-37(20(2)40)19-26(27)30(34-39)38-11-7-8-21-13-24(22-15-33-35(3)16-22)25(29(31)32)14-28(21)38/h1,13-16,23,29H,5-12,17-19H2,2-3H3. The fourth-order valence-corrected chi connectivity index (χ4v) is 6.36. The summed E-state index contributed by atoms with van der Waals surface area (Å²) in [5, 5.41) is 9.36.